The normalized spacial score (nSPS) is 48.2. The molecule has 11 nitrogen and oxygen atoms in total. The standard InChI is InChI=1S/C14H25NO10/c1-5(18)15-14(4-24-6(2-16)9(20)12(14)23)13-11(22)10(21)8(19)7(3-17)25-13/h6-13,16-17,19-23H,2-4H2,1H3,(H,15,18)/t6-,7-,8+,9+,10+,11-,12+,13?,14+/m1/s1. The van der Waals surface area contributed by atoms with Crippen molar-refractivity contribution in [1.29, 1.82) is 0 Å². The summed E-state index contributed by atoms with van der Waals surface area (Å²) in [4.78, 5) is 11.7. The summed E-state index contributed by atoms with van der Waals surface area (Å²) in [6.07, 6.45) is -12.4. The van der Waals surface area contributed by atoms with Gasteiger partial charge >= 0.3 is 0 Å². The Labute approximate surface area is 143 Å². The van der Waals surface area contributed by atoms with Gasteiger partial charge in [-0.05, 0) is 0 Å². The van der Waals surface area contributed by atoms with Crippen LogP contribution < -0.4 is 5.32 Å². The zero-order chi connectivity index (χ0) is 18.9. The molecule has 2 fully saturated rings. The number of carbonyl (C=O) groups is 1. The van der Waals surface area contributed by atoms with Crippen molar-refractivity contribution in [1.82, 2.24) is 5.32 Å². The summed E-state index contributed by atoms with van der Waals surface area (Å²) in [7, 11) is 0. The van der Waals surface area contributed by atoms with Crippen LogP contribution in [0.3, 0.4) is 0 Å². The van der Waals surface area contributed by atoms with Gasteiger partial charge in [0.25, 0.3) is 0 Å². The number of ether oxygens (including phenoxy) is 2. The van der Waals surface area contributed by atoms with E-state index in [1.54, 1.807) is 0 Å². The van der Waals surface area contributed by atoms with Crippen LogP contribution in [0.4, 0.5) is 0 Å². The molecule has 0 spiro atoms. The van der Waals surface area contributed by atoms with Crippen LogP contribution in [0.1, 0.15) is 6.92 Å². The Morgan fingerprint density at radius 1 is 1.00 bits per heavy atom. The minimum Gasteiger partial charge on any atom is -0.394 e. The van der Waals surface area contributed by atoms with Crippen LogP contribution in [-0.4, -0.2) is 116 Å². The zero-order valence-corrected chi connectivity index (χ0v) is 13.6. The van der Waals surface area contributed by atoms with Crippen molar-refractivity contribution in [2.24, 2.45) is 0 Å². The predicted octanol–water partition coefficient (Wildman–Crippen LogP) is -5.18. The lowest BCUT2D eigenvalue weighted by atomic mass is 9.75. The van der Waals surface area contributed by atoms with E-state index in [-0.39, 0.29) is 0 Å². The van der Waals surface area contributed by atoms with Crippen LogP contribution in [0.15, 0.2) is 0 Å². The van der Waals surface area contributed by atoms with Crippen molar-refractivity contribution in [2.45, 2.75) is 61.3 Å². The van der Waals surface area contributed by atoms with Crippen molar-refractivity contribution >= 4 is 5.91 Å². The fraction of sp³-hybridized carbons (Fsp3) is 0.929. The van der Waals surface area contributed by atoms with E-state index in [1.165, 1.54) is 0 Å². The van der Waals surface area contributed by atoms with Gasteiger partial charge in [0.05, 0.1) is 19.8 Å². The molecule has 2 aliphatic heterocycles. The SMILES string of the molecule is CC(=O)N[C@@]1(C2O[C@H](CO)[C@H](O)[C@H](O)[C@H]2O)CO[C@H](CO)[C@H](O)[C@@H]1O. The van der Waals surface area contributed by atoms with Gasteiger partial charge < -0.3 is 50.5 Å². The smallest absolute Gasteiger partial charge is 0.217 e. The van der Waals surface area contributed by atoms with Crippen LogP contribution in [-0.2, 0) is 14.3 Å². The fourth-order valence-electron chi connectivity index (χ4n) is 3.38. The van der Waals surface area contributed by atoms with Crippen LogP contribution in [0.2, 0.25) is 0 Å². The maximum Gasteiger partial charge on any atom is 0.217 e. The molecule has 0 aromatic carbocycles. The first-order chi connectivity index (χ1) is 11.7. The lowest BCUT2D eigenvalue weighted by molar-refractivity contribution is -0.283. The van der Waals surface area contributed by atoms with Gasteiger partial charge in [-0.25, -0.2) is 0 Å². The average Bonchev–Trinajstić information content (AvgIpc) is 2.57. The Bertz CT molecular complexity index is 477. The maximum atomic E-state index is 11.7. The highest BCUT2D eigenvalue weighted by Gasteiger charge is 2.60. The van der Waals surface area contributed by atoms with Crippen LogP contribution in [0.5, 0.6) is 0 Å². The molecule has 2 rings (SSSR count). The minimum absolute atomic E-state index is 0.460. The first kappa shape index (κ1) is 20.4. The molecule has 0 aromatic rings. The Morgan fingerprint density at radius 3 is 2.12 bits per heavy atom. The van der Waals surface area contributed by atoms with Crippen molar-refractivity contribution in [3.05, 3.63) is 0 Å². The second-order valence-electron chi connectivity index (χ2n) is 6.44. The molecule has 0 aliphatic carbocycles. The first-order valence-corrected chi connectivity index (χ1v) is 7.87. The van der Waals surface area contributed by atoms with Crippen molar-refractivity contribution in [3.8, 4) is 0 Å². The molecular formula is C14H25NO10. The van der Waals surface area contributed by atoms with E-state index in [0.29, 0.717) is 0 Å². The van der Waals surface area contributed by atoms with E-state index < -0.39 is 80.1 Å². The Balaban J connectivity index is 2.41. The van der Waals surface area contributed by atoms with Gasteiger partial charge in [-0.15, -0.1) is 0 Å². The molecule has 0 radical (unpaired) electrons. The van der Waals surface area contributed by atoms with Gasteiger partial charge in [0.1, 0.15) is 54.4 Å². The summed E-state index contributed by atoms with van der Waals surface area (Å²) in [6.45, 7) is -0.624. The summed E-state index contributed by atoms with van der Waals surface area (Å²) in [5.74, 6) is -0.644. The van der Waals surface area contributed by atoms with Gasteiger partial charge in [-0.2, -0.15) is 0 Å². The van der Waals surface area contributed by atoms with Crippen LogP contribution >= 0.6 is 0 Å². The highest BCUT2D eigenvalue weighted by Crippen LogP contribution is 2.35. The Morgan fingerprint density at radius 2 is 1.60 bits per heavy atom. The third kappa shape index (κ3) is 3.52. The number of aliphatic hydroxyl groups is 7. The van der Waals surface area contributed by atoms with E-state index in [2.05, 4.69) is 5.32 Å². The van der Waals surface area contributed by atoms with E-state index in [9.17, 15) is 40.5 Å². The number of hydrogen-bond acceptors (Lipinski definition) is 10. The molecule has 0 bridgehead atoms. The molecule has 9 atom stereocenters. The summed E-state index contributed by atoms with van der Waals surface area (Å²) in [5.41, 5.74) is -1.88. The molecule has 0 saturated carbocycles. The quantitative estimate of drug-likeness (QED) is 0.238. The van der Waals surface area contributed by atoms with Crippen LogP contribution in [0, 0.1) is 0 Å². The van der Waals surface area contributed by atoms with E-state index >= 15 is 0 Å². The minimum atomic E-state index is -1.88. The molecule has 1 unspecified atom stereocenters. The third-order valence-corrected chi connectivity index (χ3v) is 4.76. The summed E-state index contributed by atoms with van der Waals surface area (Å²) in [6, 6.07) is 0. The number of amides is 1. The second kappa shape index (κ2) is 7.78. The number of nitrogens with one attached hydrogen (secondary N) is 1. The van der Waals surface area contributed by atoms with Gasteiger partial charge in [-0.1, -0.05) is 0 Å². The highest BCUT2D eigenvalue weighted by atomic mass is 16.6. The second-order valence-corrected chi connectivity index (χ2v) is 6.44. The van der Waals surface area contributed by atoms with Gasteiger partial charge in [-0.3, -0.25) is 4.79 Å². The maximum absolute atomic E-state index is 11.7. The molecule has 2 aliphatic rings. The number of rotatable bonds is 4. The lowest BCUT2D eigenvalue weighted by Crippen LogP contribution is -2.79. The third-order valence-electron chi connectivity index (χ3n) is 4.76. The summed E-state index contributed by atoms with van der Waals surface area (Å²) >= 11 is 0. The lowest BCUT2D eigenvalue weighted by Gasteiger charge is -2.54. The van der Waals surface area contributed by atoms with Crippen molar-refractivity contribution < 1.29 is 50.0 Å². The summed E-state index contributed by atoms with van der Waals surface area (Å²) < 4.78 is 10.7. The largest absolute Gasteiger partial charge is 0.394 e. The van der Waals surface area contributed by atoms with Crippen LogP contribution in [0.25, 0.3) is 0 Å². The summed E-state index contributed by atoms with van der Waals surface area (Å²) in [5, 5.41) is 71.8. The molecule has 2 saturated heterocycles. The Kier molecular flexibility index (Phi) is 6.35. The molecule has 11 heteroatoms. The topological polar surface area (TPSA) is 189 Å². The highest BCUT2D eigenvalue weighted by molar-refractivity contribution is 5.74. The van der Waals surface area contributed by atoms with Crippen molar-refractivity contribution in [3.63, 3.8) is 0 Å². The predicted molar refractivity (Wildman–Crippen MR) is 79.2 cm³/mol. The molecule has 25 heavy (non-hydrogen) atoms. The molecule has 2 heterocycles. The monoisotopic (exact) mass is 367 g/mol. The zero-order valence-electron chi connectivity index (χ0n) is 13.6. The number of aliphatic hydroxyl groups excluding tert-OH is 7. The van der Waals surface area contributed by atoms with E-state index in [1.807, 2.05) is 0 Å². The molecule has 8 N–H and O–H groups in total. The number of carbonyl (C=O) groups excluding carboxylic acids is 1. The molecule has 0 aromatic heterocycles. The molecular weight excluding hydrogens is 342 g/mol. The van der Waals surface area contributed by atoms with Gasteiger partial charge in [0.15, 0.2) is 0 Å². The fourth-order valence-corrected chi connectivity index (χ4v) is 3.38. The first-order valence-electron chi connectivity index (χ1n) is 7.87. The van der Waals surface area contributed by atoms with Gasteiger partial charge in [0, 0.05) is 6.92 Å². The van der Waals surface area contributed by atoms with Gasteiger partial charge in [0.2, 0.25) is 5.91 Å². The molecule has 146 valence electrons. The van der Waals surface area contributed by atoms with E-state index in [4.69, 9.17) is 9.47 Å². The number of hydrogen-bond donors (Lipinski definition) is 8. The Hall–Kier alpha value is -0.890. The molecule has 1 amide bonds. The van der Waals surface area contributed by atoms with E-state index in [0.717, 1.165) is 6.92 Å². The van der Waals surface area contributed by atoms with Crippen molar-refractivity contribution in [2.75, 3.05) is 19.8 Å². The average molecular weight is 367 g/mol.